The molecule has 0 aliphatic rings. The standard InChI is InChI=1S/C16H23ClFN3O3/c1-6-19-12-7-10(17)11(18)8-13(12)21-14(22)9(2)20-15(23)24-16(3,4)5/h7-9,19H,6H2,1-5H3,(H,20,23)(H,21,22)/t9-/m1/s1. The molecule has 0 unspecified atom stereocenters. The summed E-state index contributed by atoms with van der Waals surface area (Å²) in [5, 5.41) is 7.91. The van der Waals surface area contributed by atoms with Crippen LogP contribution in [-0.4, -0.2) is 30.2 Å². The van der Waals surface area contributed by atoms with Gasteiger partial charge in [-0.3, -0.25) is 4.79 Å². The van der Waals surface area contributed by atoms with Gasteiger partial charge in [0.2, 0.25) is 5.91 Å². The maximum absolute atomic E-state index is 13.6. The minimum Gasteiger partial charge on any atom is -0.444 e. The Labute approximate surface area is 146 Å². The lowest BCUT2D eigenvalue weighted by Crippen LogP contribution is -2.44. The summed E-state index contributed by atoms with van der Waals surface area (Å²) in [4.78, 5) is 23.9. The van der Waals surface area contributed by atoms with Gasteiger partial charge in [-0.25, -0.2) is 9.18 Å². The first-order valence-electron chi connectivity index (χ1n) is 7.56. The normalized spacial score (nSPS) is 12.3. The molecule has 2 amide bonds. The van der Waals surface area contributed by atoms with E-state index in [0.717, 1.165) is 6.07 Å². The zero-order chi connectivity index (χ0) is 18.5. The summed E-state index contributed by atoms with van der Waals surface area (Å²) in [6.45, 7) is 9.08. The molecule has 0 radical (unpaired) electrons. The van der Waals surface area contributed by atoms with Crippen molar-refractivity contribution in [2.75, 3.05) is 17.2 Å². The third-order valence-corrected chi connectivity index (χ3v) is 3.10. The molecule has 0 aromatic heterocycles. The second-order valence-electron chi connectivity index (χ2n) is 6.20. The number of ether oxygens (including phenoxy) is 1. The van der Waals surface area contributed by atoms with E-state index >= 15 is 0 Å². The van der Waals surface area contributed by atoms with Gasteiger partial charge < -0.3 is 20.7 Å². The van der Waals surface area contributed by atoms with Gasteiger partial charge in [0.05, 0.1) is 16.4 Å². The van der Waals surface area contributed by atoms with Gasteiger partial charge in [0.15, 0.2) is 0 Å². The summed E-state index contributed by atoms with van der Waals surface area (Å²) in [5.41, 5.74) is 0.0564. The molecule has 24 heavy (non-hydrogen) atoms. The summed E-state index contributed by atoms with van der Waals surface area (Å²) >= 11 is 5.75. The first kappa shape index (κ1) is 20.0. The number of alkyl carbamates (subject to hydrolysis) is 1. The lowest BCUT2D eigenvalue weighted by molar-refractivity contribution is -0.117. The molecule has 0 aliphatic heterocycles. The van der Waals surface area contributed by atoms with Crippen molar-refractivity contribution in [3.63, 3.8) is 0 Å². The van der Waals surface area contributed by atoms with E-state index in [4.69, 9.17) is 16.3 Å². The van der Waals surface area contributed by atoms with Crippen molar-refractivity contribution in [3.8, 4) is 0 Å². The van der Waals surface area contributed by atoms with E-state index in [-0.39, 0.29) is 10.7 Å². The number of hydrogen-bond acceptors (Lipinski definition) is 4. The molecule has 0 saturated heterocycles. The Morgan fingerprint density at radius 3 is 2.46 bits per heavy atom. The predicted molar refractivity (Wildman–Crippen MR) is 93.0 cm³/mol. The van der Waals surface area contributed by atoms with E-state index in [9.17, 15) is 14.0 Å². The summed E-state index contributed by atoms with van der Waals surface area (Å²) in [5.74, 6) is -1.16. The van der Waals surface area contributed by atoms with E-state index in [2.05, 4.69) is 16.0 Å². The van der Waals surface area contributed by atoms with Gasteiger partial charge in [-0.05, 0) is 40.7 Å². The van der Waals surface area contributed by atoms with Crippen LogP contribution in [0.2, 0.25) is 5.02 Å². The highest BCUT2D eigenvalue weighted by molar-refractivity contribution is 6.31. The molecule has 0 fully saturated rings. The lowest BCUT2D eigenvalue weighted by Gasteiger charge is -2.22. The molecule has 1 aromatic rings. The SMILES string of the molecule is CCNc1cc(Cl)c(F)cc1NC(=O)[C@@H](C)NC(=O)OC(C)(C)C. The molecular formula is C16H23ClFN3O3. The molecule has 1 rings (SSSR count). The highest BCUT2D eigenvalue weighted by atomic mass is 35.5. The van der Waals surface area contributed by atoms with Gasteiger partial charge in [0.25, 0.3) is 0 Å². The zero-order valence-corrected chi connectivity index (χ0v) is 15.2. The van der Waals surface area contributed by atoms with Crippen molar-refractivity contribution < 1.29 is 18.7 Å². The molecule has 1 aromatic carbocycles. The van der Waals surface area contributed by atoms with Crippen molar-refractivity contribution in [1.29, 1.82) is 0 Å². The average molecular weight is 360 g/mol. The van der Waals surface area contributed by atoms with Gasteiger partial charge in [0.1, 0.15) is 17.5 Å². The van der Waals surface area contributed by atoms with Crippen molar-refractivity contribution >= 4 is 35.0 Å². The van der Waals surface area contributed by atoms with E-state index < -0.39 is 29.5 Å². The molecule has 0 saturated carbocycles. The molecule has 0 aliphatic carbocycles. The largest absolute Gasteiger partial charge is 0.444 e. The third kappa shape index (κ3) is 6.23. The molecule has 134 valence electrons. The van der Waals surface area contributed by atoms with E-state index in [1.54, 1.807) is 20.8 Å². The number of halogens is 2. The summed E-state index contributed by atoms with van der Waals surface area (Å²) in [6.07, 6.45) is -0.709. The Kier molecular flexibility index (Phi) is 6.83. The third-order valence-electron chi connectivity index (χ3n) is 2.81. The smallest absolute Gasteiger partial charge is 0.408 e. The molecule has 1 atom stereocenters. The van der Waals surface area contributed by atoms with Crippen molar-refractivity contribution in [1.82, 2.24) is 5.32 Å². The van der Waals surface area contributed by atoms with Gasteiger partial charge in [0, 0.05) is 12.6 Å². The summed E-state index contributed by atoms with van der Waals surface area (Å²) in [7, 11) is 0. The van der Waals surface area contributed by atoms with Crippen LogP contribution in [0.15, 0.2) is 12.1 Å². The monoisotopic (exact) mass is 359 g/mol. The molecule has 8 heteroatoms. The van der Waals surface area contributed by atoms with Crippen LogP contribution in [-0.2, 0) is 9.53 Å². The van der Waals surface area contributed by atoms with Crippen molar-refractivity contribution in [2.24, 2.45) is 0 Å². The Morgan fingerprint density at radius 1 is 1.29 bits per heavy atom. The number of anilines is 2. The van der Waals surface area contributed by atoms with Gasteiger partial charge >= 0.3 is 6.09 Å². The predicted octanol–water partition coefficient (Wildman–Crippen LogP) is 3.76. The fourth-order valence-corrected chi connectivity index (χ4v) is 1.94. The highest BCUT2D eigenvalue weighted by Crippen LogP contribution is 2.28. The Balaban J connectivity index is 2.80. The number of benzene rings is 1. The quantitative estimate of drug-likeness (QED) is 0.747. The second-order valence-corrected chi connectivity index (χ2v) is 6.61. The Bertz CT molecular complexity index is 617. The van der Waals surface area contributed by atoms with Crippen molar-refractivity contribution in [2.45, 2.75) is 46.3 Å². The Morgan fingerprint density at radius 2 is 1.92 bits per heavy atom. The highest BCUT2D eigenvalue weighted by Gasteiger charge is 2.22. The van der Waals surface area contributed by atoms with Crippen LogP contribution in [0.1, 0.15) is 34.6 Å². The molecule has 3 N–H and O–H groups in total. The molecule has 0 spiro atoms. The van der Waals surface area contributed by atoms with Crippen LogP contribution in [0, 0.1) is 5.82 Å². The first-order chi connectivity index (χ1) is 11.0. The van der Waals surface area contributed by atoms with E-state index in [1.165, 1.54) is 13.0 Å². The number of carbonyl (C=O) groups excluding carboxylic acids is 2. The number of hydrogen-bond donors (Lipinski definition) is 3. The summed E-state index contributed by atoms with van der Waals surface area (Å²) in [6, 6.07) is 1.65. The van der Waals surface area contributed by atoms with E-state index in [0.29, 0.717) is 12.2 Å². The topological polar surface area (TPSA) is 79.5 Å². The molecular weight excluding hydrogens is 337 g/mol. The minimum absolute atomic E-state index is 0.0520. The zero-order valence-electron chi connectivity index (χ0n) is 14.4. The number of amides is 2. The van der Waals surface area contributed by atoms with Crippen molar-refractivity contribution in [3.05, 3.63) is 23.0 Å². The van der Waals surface area contributed by atoms with E-state index in [1.807, 2.05) is 6.92 Å². The number of nitrogens with one attached hydrogen (secondary N) is 3. The maximum atomic E-state index is 13.6. The molecule has 0 bridgehead atoms. The molecule has 6 nitrogen and oxygen atoms in total. The number of carbonyl (C=O) groups is 2. The first-order valence-corrected chi connectivity index (χ1v) is 7.94. The number of rotatable bonds is 5. The lowest BCUT2D eigenvalue weighted by atomic mass is 10.2. The maximum Gasteiger partial charge on any atom is 0.408 e. The Hall–Kier alpha value is -2.02. The van der Waals surface area contributed by atoms with Gasteiger partial charge in [-0.15, -0.1) is 0 Å². The minimum atomic E-state index is -0.868. The molecule has 0 heterocycles. The van der Waals surface area contributed by atoms with Gasteiger partial charge in [-0.1, -0.05) is 11.6 Å². The van der Waals surface area contributed by atoms with Crippen LogP contribution in [0.25, 0.3) is 0 Å². The van der Waals surface area contributed by atoms with Crippen LogP contribution in [0.3, 0.4) is 0 Å². The fraction of sp³-hybridized carbons (Fsp3) is 0.500. The van der Waals surface area contributed by atoms with Crippen LogP contribution < -0.4 is 16.0 Å². The van der Waals surface area contributed by atoms with Gasteiger partial charge in [-0.2, -0.15) is 0 Å². The average Bonchev–Trinajstić information content (AvgIpc) is 2.42. The second kappa shape index (κ2) is 8.19. The fourth-order valence-electron chi connectivity index (χ4n) is 1.78. The van der Waals surface area contributed by atoms with Crippen LogP contribution in [0.4, 0.5) is 20.6 Å². The summed E-state index contributed by atoms with van der Waals surface area (Å²) < 4.78 is 18.7. The van der Waals surface area contributed by atoms with Crippen LogP contribution in [0.5, 0.6) is 0 Å². The van der Waals surface area contributed by atoms with Crippen LogP contribution >= 0.6 is 11.6 Å².